The summed E-state index contributed by atoms with van der Waals surface area (Å²) in [4.78, 5) is 26.7. The molecule has 6 nitrogen and oxygen atoms in total. The second kappa shape index (κ2) is 9.09. The Kier molecular flexibility index (Phi) is 6.52. The first-order valence-corrected chi connectivity index (χ1v) is 9.66. The number of halogens is 2. The Balaban J connectivity index is 1.71. The summed E-state index contributed by atoms with van der Waals surface area (Å²) in [7, 11) is 1.56. The second-order valence-corrected chi connectivity index (χ2v) is 7.23. The van der Waals surface area contributed by atoms with Crippen molar-refractivity contribution in [3.8, 4) is 5.69 Å². The zero-order valence-electron chi connectivity index (χ0n) is 16.8. The third-order valence-electron chi connectivity index (χ3n) is 4.53. The van der Waals surface area contributed by atoms with Crippen LogP contribution in [0, 0.1) is 12.7 Å². The molecule has 3 aromatic rings. The van der Waals surface area contributed by atoms with Crippen LogP contribution < -0.4 is 0 Å². The van der Waals surface area contributed by atoms with Crippen LogP contribution in [0.2, 0.25) is 5.15 Å². The van der Waals surface area contributed by atoms with Crippen molar-refractivity contribution in [1.29, 1.82) is 0 Å². The molecule has 0 aliphatic rings. The van der Waals surface area contributed by atoms with Crippen LogP contribution >= 0.6 is 11.6 Å². The van der Waals surface area contributed by atoms with Crippen molar-refractivity contribution in [2.24, 2.45) is 0 Å². The van der Waals surface area contributed by atoms with E-state index < -0.39 is 18.0 Å². The maximum atomic E-state index is 13.3. The zero-order valence-corrected chi connectivity index (χ0v) is 17.6. The predicted molar refractivity (Wildman–Crippen MR) is 111 cm³/mol. The van der Waals surface area contributed by atoms with E-state index in [0.717, 1.165) is 0 Å². The van der Waals surface area contributed by atoms with Crippen molar-refractivity contribution in [2.45, 2.75) is 26.5 Å². The van der Waals surface area contributed by atoms with Gasteiger partial charge in [0.15, 0.2) is 6.10 Å². The highest BCUT2D eigenvalue weighted by atomic mass is 35.5. The maximum absolute atomic E-state index is 13.3. The summed E-state index contributed by atoms with van der Waals surface area (Å²) in [6, 6.07) is 15.1. The Morgan fingerprint density at radius 2 is 1.90 bits per heavy atom. The minimum absolute atomic E-state index is 0.105. The molecule has 0 aliphatic carbocycles. The van der Waals surface area contributed by atoms with Crippen LogP contribution in [0.3, 0.4) is 0 Å². The molecule has 0 spiro atoms. The number of aryl methyl sites for hydroxylation is 1. The molecule has 0 saturated carbocycles. The topological polar surface area (TPSA) is 64.4 Å². The van der Waals surface area contributed by atoms with Crippen LogP contribution in [0.4, 0.5) is 4.39 Å². The van der Waals surface area contributed by atoms with Gasteiger partial charge >= 0.3 is 5.97 Å². The van der Waals surface area contributed by atoms with Crippen molar-refractivity contribution in [3.63, 3.8) is 0 Å². The Morgan fingerprint density at radius 1 is 1.20 bits per heavy atom. The Morgan fingerprint density at radius 3 is 2.57 bits per heavy atom. The van der Waals surface area contributed by atoms with E-state index in [1.165, 1.54) is 28.6 Å². The van der Waals surface area contributed by atoms with Gasteiger partial charge in [-0.15, -0.1) is 0 Å². The number of aromatic nitrogens is 2. The summed E-state index contributed by atoms with van der Waals surface area (Å²) >= 11 is 6.38. The van der Waals surface area contributed by atoms with Crippen molar-refractivity contribution in [1.82, 2.24) is 14.7 Å². The van der Waals surface area contributed by atoms with E-state index >= 15 is 0 Å². The smallest absolute Gasteiger partial charge is 0.344 e. The highest BCUT2D eigenvalue weighted by molar-refractivity contribution is 6.33. The van der Waals surface area contributed by atoms with Crippen LogP contribution in [-0.4, -0.2) is 39.7 Å². The van der Waals surface area contributed by atoms with E-state index in [1.807, 2.05) is 18.2 Å². The summed E-state index contributed by atoms with van der Waals surface area (Å²) in [5, 5.41) is 4.41. The number of amides is 1. The molecule has 0 radical (unpaired) electrons. The fourth-order valence-electron chi connectivity index (χ4n) is 3.04. The molecule has 0 aliphatic heterocycles. The van der Waals surface area contributed by atoms with Gasteiger partial charge in [0.05, 0.1) is 11.4 Å². The van der Waals surface area contributed by atoms with Gasteiger partial charge in [-0.05, 0) is 43.7 Å². The molecule has 1 heterocycles. The minimum atomic E-state index is -1.05. The summed E-state index contributed by atoms with van der Waals surface area (Å²) in [6.07, 6.45) is -1.05. The minimum Gasteiger partial charge on any atom is -0.449 e. The van der Waals surface area contributed by atoms with E-state index in [4.69, 9.17) is 16.3 Å². The number of likely N-dealkylation sites (N-methyl/N-ethyl adjacent to an activating group) is 1. The summed E-state index contributed by atoms with van der Waals surface area (Å²) in [6.45, 7) is 3.31. The first-order chi connectivity index (χ1) is 14.3. The number of rotatable bonds is 6. The third-order valence-corrected chi connectivity index (χ3v) is 4.87. The SMILES string of the molecule is Cc1nn(-c2ccccc2)c(Cl)c1C(=O)OC(C)C(=O)N(C)Cc1cccc(F)c1. The van der Waals surface area contributed by atoms with Gasteiger partial charge in [0.25, 0.3) is 5.91 Å². The average Bonchev–Trinajstić information content (AvgIpc) is 3.02. The van der Waals surface area contributed by atoms with Gasteiger partial charge in [-0.1, -0.05) is 41.9 Å². The molecule has 1 unspecified atom stereocenters. The third kappa shape index (κ3) is 4.68. The lowest BCUT2D eigenvalue weighted by Gasteiger charge is -2.21. The number of carbonyl (C=O) groups excluding carboxylic acids is 2. The van der Waals surface area contributed by atoms with Crippen LogP contribution in [0.1, 0.15) is 28.5 Å². The second-order valence-electron chi connectivity index (χ2n) is 6.87. The molecular formula is C22H21ClFN3O3. The Hall–Kier alpha value is -3.19. The van der Waals surface area contributed by atoms with E-state index in [-0.39, 0.29) is 23.1 Å². The zero-order chi connectivity index (χ0) is 21.8. The molecule has 0 bridgehead atoms. The number of carbonyl (C=O) groups is 2. The van der Waals surface area contributed by atoms with E-state index in [2.05, 4.69) is 5.10 Å². The fraction of sp³-hybridized carbons (Fsp3) is 0.227. The highest BCUT2D eigenvalue weighted by Crippen LogP contribution is 2.24. The monoisotopic (exact) mass is 429 g/mol. The quantitative estimate of drug-likeness (QED) is 0.551. The summed E-state index contributed by atoms with van der Waals surface area (Å²) < 4.78 is 20.1. The summed E-state index contributed by atoms with van der Waals surface area (Å²) in [5.74, 6) is -1.54. The molecule has 156 valence electrons. The Bertz CT molecular complexity index is 1070. The molecule has 3 rings (SSSR count). The van der Waals surface area contributed by atoms with Gasteiger partial charge in [0.2, 0.25) is 0 Å². The van der Waals surface area contributed by atoms with Crippen molar-refractivity contribution < 1.29 is 18.7 Å². The molecule has 1 atom stereocenters. The standard InChI is InChI=1S/C22H21ClFN3O3/c1-14-19(20(23)27(25-14)18-10-5-4-6-11-18)22(29)30-15(2)21(28)26(3)13-16-8-7-9-17(24)12-16/h4-12,15H,13H2,1-3H3. The van der Waals surface area contributed by atoms with Crippen molar-refractivity contribution in [3.05, 3.63) is 82.4 Å². The van der Waals surface area contributed by atoms with Gasteiger partial charge in [0.1, 0.15) is 16.5 Å². The predicted octanol–water partition coefficient (Wildman–Crippen LogP) is 4.18. The normalized spacial score (nSPS) is 11.8. The molecule has 1 amide bonds. The van der Waals surface area contributed by atoms with Crippen LogP contribution in [0.15, 0.2) is 54.6 Å². The lowest BCUT2D eigenvalue weighted by molar-refractivity contribution is -0.139. The number of para-hydroxylation sites is 1. The lowest BCUT2D eigenvalue weighted by atomic mass is 10.2. The number of hydrogen-bond donors (Lipinski definition) is 0. The molecule has 30 heavy (non-hydrogen) atoms. The van der Waals surface area contributed by atoms with Crippen LogP contribution in [0.25, 0.3) is 5.69 Å². The first-order valence-electron chi connectivity index (χ1n) is 9.29. The molecule has 2 aromatic carbocycles. The van der Waals surface area contributed by atoms with E-state index in [1.54, 1.807) is 38.2 Å². The molecule has 0 saturated heterocycles. The van der Waals surface area contributed by atoms with Gasteiger partial charge in [0, 0.05) is 13.6 Å². The number of nitrogens with zero attached hydrogens (tertiary/aromatic N) is 3. The number of ether oxygens (including phenoxy) is 1. The van der Waals surface area contributed by atoms with Crippen molar-refractivity contribution >= 4 is 23.5 Å². The number of esters is 1. The molecule has 1 aromatic heterocycles. The van der Waals surface area contributed by atoms with E-state index in [9.17, 15) is 14.0 Å². The lowest BCUT2D eigenvalue weighted by Crippen LogP contribution is -2.37. The van der Waals surface area contributed by atoms with Gasteiger partial charge in [-0.2, -0.15) is 5.10 Å². The van der Waals surface area contributed by atoms with Crippen LogP contribution in [0.5, 0.6) is 0 Å². The van der Waals surface area contributed by atoms with E-state index in [0.29, 0.717) is 16.9 Å². The molecule has 8 heteroatoms. The fourth-order valence-corrected chi connectivity index (χ4v) is 3.39. The molecule has 0 N–H and O–H groups in total. The Labute approximate surface area is 178 Å². The number of benzene rings is 2. The molecule has 0 fully saturated rings. The van der Waals surface area contributed by atoms with Gasteiger partial charge < -0.3 is 9.64 Å². The first kappa shape index (κ1) is 21.5. The van der Waals surface area contributed by atoms with Crippen molar-refractivity contribution in [2.75, 3.05) is 7.05 Å². The van der Waals surface area contributed by atoms with Gasteiger partial charge in [-0.3, -0.25) is 4.79 Å². The maximum Gasteiger partial charge on any atom is 0.344 e. The van der Waals surface area contributed by atoms with Gasteiger partial charge in [-0.25, -0.2) is 13.9 Å². The average molecular weight is 430 g/mol. The largest absolute Gasteiger partial charge is 0.449 e. The summed E-state index contributed by atoms with van der Waals surface area (Å²) in [5.41, 5.74) is 1.82. The highest BCUT2D eigenvalue weighted by Gasteiger charge is 2.27. The molecular weight excluding hydrogens is 409 g/mol. The number of hydrogen-bond acceptors (Lipinski definition) is 4. The van der Waals surface area contributed by atoms with Crippen LogP contribution in [-0.2, 0) is 16.1 Å².